The summed E-state index contributed by atoms with van der Waals surface area (Å²) in [5, 5.41) is 6.92. The van der Waals surface area contributed by atoms with E-state index < -0.39 is 0 Å². The molecule has 0 aromatic heterocycles. The van der Waals surface area contributed by atoms with Gasteiger partial charge >= 0.3 is 0 Å². The zero-order valence-electron chi connectivity index (χ0n) is 16.5. The van der Waals surface area contributed by atoms with E-state index in [1.165, 1.54) is 0 Å². The van der Waals surface area contributed by atoms with Crippen LogP contribution in [-0.2, 0) is 0 Å². The number of anilines is 6. The molecule has 6 N–H and O–H groups in total. The lowest BCUT2D eigenvalue weighted by Crippen LogP contribution is -1.96. The molecule has 0 radical (unpaired) electrons. The standard InChI is InChI=1S/C26H24N4/c27-21-8-12-23(13-9-21)29-25-16-17-26(30-24-14-10-22(28)11-15-24)20(18-25)7-6-19-4-2-1-3-5-19/h1-18,29-30H,27-28H2. The number of nitrogens with two attached hydrogens (primary N) is 2. The minimum atomic E-state index is 0.743. The summed E-state index contributed by atoms with van der Waals surface area (Å²) in [6.45, 7) is 0. The van der Waals surface area contributed by atoms with E-state index in [-0.39, 0.29) is 0 Å². The predicted octanol–water partition coefficient (Wildman–Crippen LogP) is 6.51. The fraction of sp³-hybridized carbons (Fsp3) is 0. The monoisotopic (exact) mass is 392 g/mol. The second-order valence-corrected chi connectivity index (χ2v) is 7.04. The van der Waals surface area contributed by atoms with Gasteiger partial charge in [0.1, 0.15) is 0 Å². The van der Waals surface area contributed by atoms with Gasteiger partial charge in [0, 0.05) is 39.7 Å². The third kappa shape index (κ3) is 5.00. The van der Waals surface area contributed by atoms with E-state index in [1.54, 1.807) is 0 Å². The first-order valence-corrected chi connectivity index (χ1v) is 9.78. The Labute approximate surface area is 176 Å². The number of hydrogen-bond donors (Lipinski definition) is 4. The molecule has 0 saturated carbocycles. The maximum absolute atomic E-state index is 5.81. The molecule has 30 heavy (non-hydrogen) atoms. The highest BCUT2D eigenvalue weighted by molar-refractivity contribution is 5.82. The molecule has 0 aliphatic carbocycles. The minimum absolute atomic E-state index is 0.743. The third-order valence-electron chi connectivity index (χ3n) is 4.70. The molecule has 0 spiro atoms. The Hall–Kier alpha value is -4.18. The molecule has 0 unspecified atom stereocenters. The van der Waals surface area contributed by atoms with E-state index >= 15 is 0 Å². The average molecular weight is 393 g/mol. The van der Waals surface area contributed by atoms with E-state index in [2.05, 4.69) is 53.1 Å². The van der Waals surface area contributed by atoms with Gasteiger partial charge < -0.3 is 22.1 Å². The molecular formula is C26H24N4. The van der Waals surface area contributed by atoms with Crippen LogP contribution in [-0.4, -0.2) is 0 Å². The van der Waals surface area contributed by atoms with E-state index in [0.717, 1.165) is 45.3 Å². The van der Waals surface area contributed by atoms with Crippen molar-refractivity contribution in [3.05, 3.63) is 108 Å². The summed E-state index contributed by atoms with van der Waals surface area (Å²) in [6.07, 6.45) is 4.22. The van der Waals surface area contributed by atoms with Gasteiger partial charge in [-0.15, -0.1) is 0 Å². The Morgan fingerprint density at radius 2 is 1.10 bits per heavy atom. The van der Waals surface area contributed by atoms with Gasteiger partial charge in [-0.05, 0) is 72.3 Å². The zero-order chi connectivity index (χ0) is 20.8. The average Bonchev–Trinajstić information content (AvgIpc) is 2.77. The van der Waals surface area contributed by atoms with E-state index in [1.807, 2.05) is 66.7 Å². The van der Waals surface area contributed by atoms with Crippen molar-refractivity contribution in [1.29, 1.82) is 0 Å². The molecule has 0 heterocycles. The summed E-state index contributed by atoms with van der Waals surface area (Å²) < 4.78 is 0. The molecule has 0 aliphatic rings. The molecule has 0 fully saturated rings. The second kappa shape index (κ2) is 8.88. The normalized spacial score (nSPS) is 10.8. The van der Waals surface area contributed by atoms with E-state index in [0.29, 0.717) is 0 Å². The van der Waals surface area contributed by atoms with Crippen LogP contribution in [0.3, 0.4) is 0 Å². The van der Waals surface area contributed by atoms with Gasteiger partial charge in [-0.2, -0.15) is 0 Å². The number of hydrogen-bond acceptors (Lipinski definition) is 4. The summed E-state index contributed by atoms with van der Waals surface area (Å²) in [6, 6.07) is 31.9. The van der Waals surface area contributed by atoms with Crippen LogP contribution in [0.1, 0.15) is 11.1 Å². The fourth-order valence-electron chi connectivity index (χ4n) is 3.10. The lowest BCUT2D eigenvalue weighted by Gasteiger charge is -2.13. The second-order valence-electron chi connectivity index (χ2n) is 7.04. The smallest absolute Gasteiger partial charge is 0.0459 e. The molecule has 4 nitrogen and oxygen atoms in total. The molecule has 4 aromatic carbocycles. The Morgan fingerprint density at radius 3 is 1.73 bits per heavy atom. The van der Waals surface area contributed by atoms with Crippen molar-refractivity contribution >= 4 is 46.3 Å². The van der Waals surface area contributed by atoms with Crippen molar-refractivity contribution in [2.45, 2.75) is 0 Å². The summed E-state index contributed by atoms with van der Waals surface area (Å²) in [5.41, 5.74) is 19.3. The van der Waals surface area contributed by atoms with Crippen molar-refractivity contribution in [1.82, 2.24) is 0 Å². The first-order valence-electron chi connectivity index (χ1n) is 9.78. The van der Waals surface area contributed by atoms with Gasteiger partial charge in [0.25, 0.3) is 0 Å². The lowest BCUT2D eigenvalue weighted by molar-refractivity contribution is 1.50. The van der Waals surface area contributed by atoms with Crippen LogP contribution in [0.4, 0.5) is 34.1 Å². The number of nitrogens with one attached hydrogen (secondary N) is 2. The highest BCUT2D eigenvalue weighted by Gasteiger charge is 2.04. The molecule has 0 aliphatic heterocycles. The summed E-state index contributed by atoms with van der Waals surface area (Å²) >= 11 is 0. The van der Waals surface area contributed by atoms with Gasteiger partial charge in [-0.1, -0.05) is 42.5 Å². The van der Waals surface area contributed by atoms with Crippen LogP contribution < -0.4 is 22.1 Å². The SMILES string of the molecule is Nc1ccc(Nc2ccc(Nc3ccc(N)cc3)c(C=Cc3ccccc3)c2)cc1. The molecule has 148 valence electrons. The van der Waals surface area contributed by atoms with Crippen molar-refractivity contribution in [2.75, 3.05) is 22.1 Å². The van der Waals surface area contributed by atoms with Crippen molar-refractivity contribution in [2.24, 2.45) is 0 Å². The van der Waals surface area contributed by atoms with Crippen molar-refractivity contribution in [3.63, 3.8) is 0 Å². The molecular weight excluding hydrogens is 368 g/mol. The molecule has 0 atom stereocenters. The van der Waals surface area contributed by atoms with Gasteiger partial charge in [0.2, 0.25) is 0 Å². The highest BCUT2D eigenvalue weighted by Crippen LogP contribution is 2.28. The van der Waals surface area contributed by atoms with Crippen LogP contribution >= 0.6 is 0 Å². The zero-order valence-corrected chi connectivity index (χ0v) is 16.5. The minimum Gasteiger partial charge on any atom is -0.399 e. The lowest BCUT2D eigenvalue weighted by atomic mass is 10.1. The Morgan fingerprint density at radius 1 is 0.533 bits per heavy atom. The number of nitrogen functional groups attached to an aromatic ring is 2. The van der Waals surface area contributed by atoms with Crippen LogP contribution in [0, 0.1) is 0 Å². The topological polar surface area (TPSA) is 76.1 Å². The number of rotatable bonds is 6. The summed E-state index contributed by atoms with van der Waals surface area (Å²) in [5.74, 6) is 0. The predicted molar refractivity (Wildman–Crippen MR) is 130 cm³/mol. The molecule has 0 amide bonds. The fourth-order valence-corrected chi connectivity index (χ4v) is 3.10. The van der Waals surface area contributed by atoms with Crippen LogP contribution in [0.5, 0.6) is 0 Å². The van der Waals surface area contributed by atoms with E-state index in [9.17, 15) is 0 Å². The Bertz CT molecular complexity index is 1130. The maximum atomic E-state index is 5.81. The van der Waals surface area contributed by atoms with Crippen LogP contribution in [0.15, 0.2) is 97.1 Å². The highest BCUT2D eigenvalue weighted by atomic mass is 14.9. The van der Waals surface area contributed by atoms with E-state index in [4.69, 9.17) is 11.5 Å². The quantitative estimate of drug-likeness (QED) is 0.223. The molecule has 0 saturated heterocycles. The third-order valence-corrected chi connectivity index (χ3v) is 4.70. The van der Waals surface area contributed by atoms with Crippen LogP contribution in [0.2, 0.25) is 0 Å². The van der Waals surface area contributed by atoms with Crippen LogP contribution in [0.25, 0.3) is 12.2 Å². The van der Waals surface area contributed by atoms with Gasteiger partial charge in [-0.25, -0.2) is 0 Å². The Balaban J connectivity index is 1.64. The van der Waals surface area contributed by atoms with Gasteiger partial charge in [0.05, 0.1) is 0 Å². The Kier molecular flexibility index (Phi) is 5.67. The summed E-state index contributed by atoms with van der Waals surface area (Å²) in [7, 11) is 0. The number of benzene rings is 4. The first-order chi connectivity index (χ1) is 14.7. The first kappa shape index (κ1) is 19.2. The molecule has 4 aromatic rings. The van der Waals surface area contributed by atoms with Gasteiger partial charge in [0.15, 0.2) is 0 Å². The van der Waals surface area contributed by atoms with Crippen molar-refractivity contribution in [3.8, 4) is 0 Å². The molecule has 0 bridgehead atoms. The molecule has 4 heteroatoms. The summed E-state index contributed by atoms with van der Waals surface area (Å²) in [4.78, 5) is 0. The largest absolute Gasteiger partial charge is 0.399 e. The molecule has 4 rings (SSSR count). The van der Waals surface area contributed by atoms with Crippen molar-refractivity contribution < 1.29 is 0 Å². The van der Waals surface area contributed by atoms with Gasteiger partial charge in [-0.3, -0.25) is 0 Å². The maximum Gasteiger partial charge on any atom is 0.0459 e.